The van der Waals surface area contributed by atoms with Gasteiger partial charge >= 0.3 is 0 Å². The van der Waals surface area contributed by atoms with Gasteiger partial charge in [-0.3, -0.25) is 4.79 Å². The lowest BCUT2D eigenvalue weighted by atomic mass is 10.0. The summed E-state index contributed by atoms with van der Waals surface area (Å²) in [6.45, 7) is 5.05. The van der Waals surface area contributed by atoms with Crippen molar-refractivity contribution in [2.24, 2.45) is 5.92 Å². The number of anilines is 1. The molecule has 0 saturated carbocycles. The molecule has 1 aromatic carbocycles. The number of aromatic nitrogens is 2. The van der Waals surface area contributed by atoms with Gasteiger partial charge in [-0.2, -0.15) is 5.10 Å². The Labute approximate surface area is 128 Å². The van der Waals surface area contributed by atoms with Gasteiger partial charge < -0.3 is 5.32 Å². The third kappa shape index (κ3) is 2.97. The lowest BCUT2D eigenvalue weighted by Gasteiger charge is -2.17. The molecular formula is C16H19N3OS. The van der Waals surface area contributed by atoms with Gasteiger partial charge in [0.05, 0.1) is 18.5 Å². The maximum Gasteiger partial charge on any atom is 0.235 e. The molecular weight excluding hydrogens is 282 g/mol. The first-order chi connectivity index (χ1) is 10.1. The quantitative estimate of drug-likeness (QED) is 0.946. The molecule has 1 aromatic heterocycles. The van der Waals surface area contributed by atoms with Gasteiger partial charge in [0.2, 0.25) is 5.91 Å². The maximum absolute atomic E-state index is 11.9. The van der Waals surface area contributed by atoms with Crippen LogP contribution >= 0.6 is 11.8 Å². The second kappa shape index (κ2) is 5.93. The van der Waals surface area contributed by atoms with Crippen LogP contribution < -0.4 is 5.32 Å². The number of fused-ring (bicyclic) bond motifs is 1. The Morgan fingerprint density at radius 2 is 2.14 bits per heavy atom. The Bertz CT molecular complexity index is 636. The van der Waals surface area contributed by atoms with E-state index in [1.54, 1.807) is 11.8 Å². The molecule has 0 saturated heterocycles. The van der Waals surface area contributed by atoms with Crippen LogP contribution in [0.15, 0.2) is 36.5 Å². The zero-order chi connectivity index (χ0) is 14.8. The molecule has 0 radical (unpaired) electrons. The number of thioether (sulfide) groups is 1. The van der Waals surface area contributed by atoms with Gasteiger partial charge in [-0.1, -0.05) is 44.2 Å². The Balaban J connectivity index is 1.95. The number of carbonyl (C=O) groups is 1. The van der Waals surface area contributed by atoms with Gasteiger partial charge in [0, 0.05) is 10.8 Å². The van der Waals surface area contributed by atoms with Crippen molar-refractivity contribution in [3.63, 3.8) is 0 Å². The molecule has 1 N–H and O–H groups in total. The van der Waals surface area contributed by atoms with Crippen molar-refractivity contribution in [3.8, 4) is 0 Å². The molecule has 4 nitrogen and oxygen atoms in total. The largest absolute Gasteiger partial charge is 0.310 e. The summed E-state index contributed by atoms with van der Waals surface area (Å²) in [6, 6.07) is 10.2. The smallest absolute Gasteiger partial charge is 0.235 e. The fourth-order valence-electron chi connectivity index (χ4n) is 2.60. The van der Waals surface area contributed by atoms with Crippen molar-refractivity contribution in [3.05, 3.63) is 47.7 Å². The molecule has 1 amide bonds. The fourth-order valence-corrected chi connectivity index (χ4v) is 3.74. The molecule has 3 rings (SSSR count). The summed E-state index contributed by atoms with van der Waals surface area (Å²) < 4.78 is 1.89. The van der Waals surface area contributed by atoms with Crippen LogP contribution in [0.4, 0.5) is 5.82 Å². The zero-order valence-electron chi connectivity index (χ0n) is 12.2. The fraction of sp³-hybridized carbons (Fsp3) is 0.375. The Morgan fingerprint density at radius 1 is 1.38 bits per heavy atom. The standard InChI is InChI=1S/C16H19N3OS/c1-11(2)15-13-8-17-19(9-12-6-4-3-5-7-12)16(13)18-14(20)10-21-15/h3-8,11,15H,9-10H2,1-2H3,(H,18,20)/t15-/m1/s1. The number of amides is 1. The molecule has 1 aliphatic heterocycles. The summed E-state index contributed by atoms with van der Waals surface area (Å²) in [5.41, 5.74) is 2.31. The van der Waals surface area contributed by atoms with E-state index in [2.05, 4.69) is 36.4 Å². The number of carbonyl (C=O) groups excluding carboxylic acids is 1. The van der Waals surface area contributed by atoms with E-state index in [1.807, 2.05) is 29.1 Å². The molecule has 0 unspecified atom stereocenters. The van der Waals surface area contributed by atoms with Crippen molar-refractivity contribution in [2.75, 3.05) is 11.1 Å². The van der Waals surface area contributed by atoms with Crippen LogP contribution in [0.25, 0.3) is 0 Å². The maximum atomic E-state index is 11.9. The molecule has 0 fully saturated rings. The van der Waals surface area contributed by atoms with E-state index in [-0.39, 0.29) is 5.91 Å². The van der Waals surface area contributed by atoms with Crippen LogP contribution in [0.3, 0.4) is 0 Å². The molecule has 0 bridgehead atoms. The van der Waals surface area contributed by atoms with E-state index < -0.39 is 0 Å². The Hall–Kier alpha value is -1.75. The van der Waals surface area contributed by atoms with Crippen molar-refractivity contribution in [1.29, 1.82) is 0 Å². The normalized spacial score (nSPS) is 18.2. The van der Waals surface area contributed by atoms with Crippen LogP contribution in [-0.2, 0) is 11.3 Å². The zero-order valence-corrected chi connectivity index (χ0v) is 13.1. The van der Waals surface area contributed by atoms with Crippen molar-refractivity contribution >= 4 is 23.5 Å². The lowest BCUT2D eigenvalue weighted by Crippen LogP contribution is -2.16. The SMILES string of the molecule is CC(C)[C@H]1SCC(=O)Nc2c1cnn2Cc1ccccc1. The van der Waals surface area contributed by atoms with E-state index in [0.717, 1.165) is 11.4 Å². The first-order valence-corrected chi connectivity index (χ1v) is 8.21. The van der Waals surface area contributed by atoms with E-state index in [4.69, 9.17) is 0 Å². The average molecular weight is 301 g/mol. The van der Waals surface area contributed by atoms with E-state index in [0.29, 0.717) is 23.5 Å². The molecule has 1 atom stereocenters. The van der Waals surface area contributed by atoms with Crippen molar-refractivity contribution in [1.82, 2.24) is 9.78 Å². The second-order valence-electron chi connectivity index (χ2n) is 5.62. The number of nitrogens with zero attached hydrogens (tertiary/aromatic N) is 2. The highest BCUT2D eigenvalue weighted by atomic mass is 32.2. The van der Waals surface area contributed by atoms with Crippen LogP contribution in [0.1, 0.15) is 30.2 Å². The summed E-state index contributed by atoms with van der Waals surface area (Å²) in [5.74, 6) is 1.88. The third-order valence-corrected chi connectivity index (χ3v) is 5.19. The number of hydrogen-bond acceptors (Lipinski definition) is 3. The molecule has 0 spiro atoms. The molecule has 1 aliphatic rings. The predicted molar refractivity (Wildman–Crippen MR) is 86.4 cm³/mol. The molecule has 21 heavy (non-hydrogen) atoms. The van der Waals surface area contributed by atoms with E-state index in [9.17, 15) is 4.79 Å². The number of nitrogens with one attached hydrogen (secondary N) is 1. The van der Waals surface area contributed by atoms with Gasteiger partial charge in [-0.05, 0) is 11.5 Å². The summed E-state index contributed by atoms with van der Waals surface area (Å²) in [4.78, 5) is 11.9. The van der Waals surface area contributed by atoms with Crippen LogP contribution in [0.2, 0.25) is 0 Å². The average Bonchev–Trinajstić information content (AvgIpc) is 2.75. The minimum atomic E-state index is 0.0548. The highest BCUT2D eigenvalue weighted by Crippen LogP contribution is 2.41. The van der Waals surface area contributed by atoms with E-state index in [1.165, 1.54) is 5.56 Å². The second-order valence-corrected chi connectivity index (χ2v) is 6.75. The molecule has 5 heteroatoms. The summed E-state index contributed by atoms with van der Waals surface area (Å²) in [7, 11) is 0. The monoisotopic (exact) mass is 301 g/mol. The topological polar surface area (TPSA) is 46.9 Å². The van der Waals surface area contributed by atoms with Gasteiger partial charge in [-0.25, -0.2) is 4.68 Å². The molecule has 110 valence electrons. The minimum Gasteiger partial charge on any atom is -0.310 e. The van der Waals surface area contributed by atoms with Gasteiger partial charge in [0.1, 0.15) is 5.82 Å². The van der Waals surface area contributed by atoms with E-state index >= 15 is 0 Å². The van der Waals surface area contributed by atoms with Crippen LogP contribution in [-0.4, -0.2) is 21.4 Å². The van der Waals surface area contributed by atoms with Gasteiger partial charge in [0.25, 0.3) is 0 Å². The summed E-state index contributed by atoms with van der Waals surface area (Å²) >= 11 is 1.70. The third-order valence-electron chi connectivity index (χ3n) is 3.61. The number of benzene rings is 1. The lowest BCUT2D eigenvalue weighted by molar-refractivity contribution is -0.113. The van der Waals surface area contributed by atoms with Crippen molar-refractivity contribution in [2.45, 2.75) is 25.6 Å². The molecule has 0 aliphatic carbocycles. The number of rotatable bonds is 3. The van der Waals surface area contributed by atoms with Gasteiger partial charge in [0.15, 0.2) is 0 Å². The van der Waals surface area contributed by atoms with Crippen LogP contribution in [0.5, 0.6) is 0 Å². The van der Waals surface area contributed by atoms with Crippen LogP contribution in [0, 0.1) is 5.92 Å². The van der Waals surface area contributed by atoms with Gasteiger partial charge in [-0.15, -0.1) is 11.8 Å². The Kier molecular flexibility index (Phi) is 4.01. The summed E-state index contributed by atoms with van der Waals surface area (Å²) in [6.07, 6.45) is 1.90. The van der Waals surface area contributed by atoms with Crippen molar-refractivity contribution < 1.29 is 4.79 Å². The minimum absolute atomic E-state index is 0.0548. The number of hydrogen-bond donors (Lipinski definition) is 1. The summed E-state index contributed by atoms with van der Waals surface area (Å²) in [5, 5.41) is 7.82. The molecule has 2 aromatic rings. The highest BCUT2D eigenvalue weighted by molar-refractivity contribution is 8.00. The predicted octanol–water partition coefficient (Wildman–Crippen LogP) is 3.31. The first kappa shape index (κ1) is 14.2. The Morgan fingerprint density at radius 3 is 2.86 bits per heavy atom. The molecule has 2 heterocycles. The highest BCUT2D eigenvalue weighted by Gasteiger charge is 2.28. The first-order valence-electron chi connectivity index (χ1n) is 7.16.